The molecule has 2 N–H and O–H groups in total. The fourth-order valence-corrected chi connectivity index (χ4v) is 2.93. The van der Waals surface area contributed by atoms with E-state index in [1.807, 2.05) is 6.07 Å². The molecule has 0 saturated carbocycles. The second-order valence-corrected chi connectivity index (χ2v) is 5.94. The van der Waals surface area contributed by atoms with Crippen LogP contribution in [0.25, 0.3) is 11.5 Å². The lowest BCUT2D eigenvalue weighted by Gasteiger charge is -2.05. The van der Waals surface area contributed by atoms with Crippen molar-refractivity contribution in [1.29, 1.82) is 5.26 Å². The molecule has 0 saturated heterocycles. The Morgan fingerprint density at radius 3 is 2.68 bits per heavy atom. The highest BCUT2D eigenvalue weighted by atomic mass is 32.2. The molecule has 25 heavy (non-hydrogen) atoms. The number of aromatic amines is 1. The summed E-state index contributed by atoms with van der Waals surface area (Å²) in [5.74, 6) is -0.164. The minimum atomic E-state index is -0.986. The maximum absolute atomic E-state index is 12.1. The van der Waals surface area contributed by atoms with Crippen LogP contribution in [0.15, 0.2) is 57.0 Å². The van der Waals surface area contributed by atoms with Crippen LogP contribution in [0.3, 0.4) is 0 Å². The molecule has 0 amide bonds. The van der Waals surface area contributed by atoms with E-state index in [-0.39, 0.29) is 16.8 Å². The molecule has 3 aromatic rings. The number of H-pyrrole nitrogens is 1. The molecule has 0 aliphatic carbocycles. The highest BCUT2D eigenvalue weighted by Gasteiger charge is 2.15. The molecule has 7 nitrogen and oxygen atoms in total. The Labute approximate surface area is 146 Å². The van der Waals surface area contributed by atoms with E-state index in [9.17, 15) is 9.59 Å². The van der Waals surface area contributed by atoms with Crippen LogP contribution >= 0.6 is 11.8 Å². The van der Waals surface area contributed by atoms with E-state index in [1.54, 1.807) is 24.3 Å². The molecule has 2 heterocycles. The smallest absolute Gasteiger partial charge is 0.335 e. The summed E-state index contributed by atoms with van der Waals surface area (Å²) in [6.07, 6.45) is 1.44. The third kappa shape index (κ3) is 3.62. The van der Waals surface area contributed by atoms with Gasteiger partial charge in [0.25, 0.3) is 5.56 Å². The van der Waals surface area contributed by atoms with Crippen molar-refractivity contribution in [2.45, 2.75) is 10.9 Å². The summed E-state index contributed by atoms with van der Waals surface area (Å²) in [5, 5.41) is 18.4. The van der Waals surface area contributed by atoms with E-state index in [4.69, 9.17) is 14.8 Å². The second-order valence-electron chi connectivity index (χ2n) is 4.97. The summed E-state index contributed by atoms with van der Waals surface area (Å²) in [4.78, 5) is 29.8. The van der Waals surface area contributed by atoms with E-state index in [0.29, 0.717) is 16.7 Å². The molecule has 2 aromatic heterocycles. The standard InChI is InChI=1S/C17H11N3O4S/c18-8-12-14(13-2-1-7-24-13)19-17(20-15(12)21)25-9-10-3-5-11(6-4-10)16(22)23/h1-7H,9H2,(H,22,23)(H,19,20,21). The highest BCUT2D eigenvalue weighted by molar-refractivity contribution is 7.98. The number of nitrogens with one attached hydrogen (secondary N) is 1. The molecule has 8 heteroatoms. The molecular formula is C17H11N3O4S. The number of furan rings is 1. The maximum atomic E-state index is 12.1. The number of carboxylic acids is 1. The van der Waals surface area contributed by atoms with Gasteiger partial charge >= 0.3 is 5.97 Å². The van der Waals surface area contributed by atoms with E-state index >= 15 is 0 Å². The number of thioether (sulfide) groups is 1. The van der Waals surface area contributed by atoms with Gasteiger partial charge in [-0.2, -0.15) is 5.26 Å². The van der Waals surface area contributed by atoms with Gasteiger partial charge in [0.15, 0.2) is 10.9 Å². The van der Waals surface area contributed by atoms with Gasteiger partial charge in [0.1, 0.15) is 17.3 Å². The molecule has 1 aromatic carbocycles. The Kier molecular flexibility index (Phi) is 4.68. The van der Waals surface area contributed by atoms with E-state index in [1.165, 1.54) is 30.2 Å². The quantitative estimate of drug-likeness (QED) is 0.534. The van der Waals surface area contributed by atoms with Crippen LogP contribution in [-0.4, -0.2) is 21.0 Å². The summed E-state index contributed by atoms with van der Waals surface area (Å²) < 4.78 is 5.24. The normalized spacial score (nSPS) is 10.4. The van der Waals surface area contributed by atoms with Crippen LogP contribution in [0.5, 0.6) is 0 Å². The first-order chi connectivity index (χ1) is 12.1. The summed E-state index contributed by atoms with van der Waals surface area (Å²) in [7, 11) is 0. The van der Waals surface area contributed by atoms with Crippen LogP contribution in [-0.2, 0) is 5.75 Å². The zero-order valence-corrected chi connectivity index (χ0v) is 13.5. The predicted octanol–water partition coefficient (Wildman–Crippen LogP) is 2.89. The topological polar surface area (TPSA) is 120 Å². The Balaban J connectivity index is 1.85. The van der Waals surface area contributed by atoms with Crippen molar-refractivity contribution in [3.8, 4) is 17.5 Å². The average Bonchev–Trinajstić information content (AvgIpc) is 3.14. The van der Waals surface area contributed by atoms with Gasteiger partial charge in [-0.25, -0.2) is 9.78 Å². The van der Waals surface area contributed by atoms with Gasteiger partial charge in [-0.3, -0.25) is 4.79 Å². The number of carbonyl (C=O) groups is 1. The number of nitriles is 1. The SMILES string of the molecule is N#Cc1c(-c2ccco2)nc(SCc2ccc(C(=O)O)cc2)[nH]c1=O. The van der Waals surface area contributed by atoms with Crippen LogP contribution in [0.2, 0.25) is 0 Å². The van der Waals surface area contributed by atoms with Crippen molar-refractivity contribution in [3.63, 3.8) is 0 Å². The minimum absolute atomic E-state index is 0.106. The molecule has 0 spiro atoms. The predicted molar refractivity (Wildman–Crippen MR) is 90.2 cm³/mol. The number of benzene rings is 1. The number of carboxylic acid groups (broad SMARTS) is 1. The molecule has 0 aliphatic heterocycles. The molecule has 0 unspecified atom stereocenters. The number of aromatic nitrogens is 2. The van der Waals surface area contributed by atoms with Crippen molar-refractivity contribution >= 4 is 17.7 Å². The number of rotatable bonds is 5. The zero-order chi connectivity index (χ0) is 17.8. The fourth-order valence-electron chi connectivity index (χ4n) is 2.11. The number of hydrogen-bond acceptors (Lipinski definition) is 6. The highest BCUT2D eigenvalue weighted by Crippen LogP contribution is 2.24. The van der Waals surface area contributed by atoms with Crippen LogP contribution in [0.1, 0.15) is 21.5 Å². The van der Waals surface area contributed by atoms with Crippen molar-refractivity contribution in [2.75, 3.05) is 0 Å². The monoisotopic (exact) mass is 353 g/mol. The summed E-state index contributed by atoms with van der Waals surface area (Å²) in [6.45, 7) is 0. The fraction of sp³-hybridized carbons (Fsp3) is 0.0588. The summed E-state index contributed by atoms with van der Waals surface area (Å²) in [6, 6.07) is 11.5. The molecule has 0 bridgehead atoms. The molecule has 124 valence electrons. The minimum Gasteiger partial charge on any atom is -0.478 e. The number of hydrogen-bond donors (Lipinski definition) is 2. The van der Waals surface area contributed by atoms with E-state index in [2.05, 4.69) is 9.97 Å². The van der Waals surface area contributed by atoms with Gasteiger partial charge in [0, 0.05) is 5.75 Å². The van der Waals surface area contributed by atoms with Gasteiger partial charge in [0.2, 0.25) is 0 Å². The Morgan fingerprint density at radius 2 is 2.08 bits per heavy atom. The lowest BCUT2D eigenvalue weighted by molar-refractivity contribution is 0.0697. The van der Waals surface area contributed by atoms with E-state index in [0.717, 1.165) is 5.56 Å². The number of aromatic carboxylic acids is 1. The molecular weight excluding hydrogens is 342 g/mol. The largest absolute Gasteiger partial charge is 0.478 e. The Bertz CT molecular complexity index is 1000. The van der Waals surface area contributed by atoms with Gasteiger partial charge in [-0.1, -0.05) is 23.9 Å². The Morgan fingerprint density at radius 1 is 1.32 bits per heavy atom. The Hall–Kier alpha value is -3.31. The first kappa shape index (κ1) is 16.5. The van der Waals surface area contributed by atoms with Crippen molar-refractivity contribution in [3.05, 3.63) is 69.7 Å². The van der Waals surface area contributed by atoms with Crippen molar-refractivity contribution < 1.29 is 14.3 Å². The molecule has 0 atom stereocenters. The maximum Gasteiger partial charge on any atom is 0.335 e. The third-order valence-corrected chi connectivity index (χ3v) is 4.28. The summed E-state index contributed by atoms with van der Waals surface area (Å²) in [5.41, 5.74) is 0.637. The molecule has 0 fully saturated rings. The van der Waals surface area contributed by atoms with Crippen molar-refractivity contribution in [1.82, 2.24) is 9.97 Å². The van der Waals surface area contributed by atoms with Crippen LogP contribution < -0.4 is 5.56 Å². The third-order valence-electron chi connectivity index (χ3n) is 3.34. The molecule has 0 aliphatic rings. The first-order valence-electron chi connectivity index (χ1n) is 7.12. The number of nitrogens with zero attached hydrogens (tertiary/aromatic N) is 2. The van der Waals surface area contributed by atoms with Gasteiger partial charge in [0.05, 0.1) is 11.8 Å². The first-order valence-corrected chi connectivity index (χ1v) is 8.10. The van der Waals surface area contributed by atoms with Crippen molar-refractivity contribution in [2.24, 2.45) is 0 Å². The molecule has 3 rings (SSSR count). The lowest BCUT2D eigenvalue weighted by Crippen LogP contribution is -2.14. The molecule has 0 radical (unpaired) electrons. The van der Waals surface area contributed by atoms with E-state index < -0.39 is 11.5 Å². The lowest BCUT2D eigenvalue weighted by atomic mass is 10.1. The summed E-state index contributed by atoms with van der Waals surface area (Å²) >= 11 is 1.27. The van der Waals surface area contributed by atoms with Gasteiger partial charge in [-0.15, -0.1) is 0 Å². The average molecular weight is 353 g/mol. The van der Waals surface area contributed by atoms with Gasteiger partial charge < -0.3 is 14.5 Å². The zero-order valence-electron chi connectivity index (χ0n) is 12.7. The van der Waals surface area contributed by atoms with Gasteiger partial charge in [-0.05, 0) is 29.8 Å². The second kappa shape index (κ2) is 7.07. The van der Waals surface area contributed by atoms with Crippen LogP contribution in [0.4, 0.5) is 0 Å². The van der Waals surface area contributed by atoms with Crippen LogP contribution in [0, 0.1) is 11.3 Å².